The van der Waals surface area contributed by atoms with E-state index in [4.69, 9.17) is 4.42 Å². The molecule has 16 heavy (non-hydrogen) atoms. The molecule has 0 saturated carbocycles. The summed E-state index contributed by atoms with van der Waals surface area (Å²) in [6.45, 7) is 4.47. The fourth-order valence-corrected chi connectivity index (χ4v) is 2.22. The van der Waals surface area contributed by atoms with Gasteiger partial charge in [-0.2, -0.15) is 4.57 Å². The van der Waals surface area contributed by atoms with Crippen molar-refractivity contribution in [1.82, 2.24) is 0 Å². The van der Waals surface area contributed by atoms with Crippen molar-refractivity contribution in [3.05, 3.63) is 24.1 Å². The predicted octanol–water partition coefficient (Wildman–Crippen LogP) is 0.953. The molecule has 0 unspecified atom stereocenters. The Balaban J connectivity index is 2.74. The molecular weight excluding hydrogens is 230 g/mol. The Hall–Kier alpha value is -1.40. The van der Waals surface area contributed by atoms with E-state index in [0.717, 1.165) is 12.1 Å². The number of rotatable bonds is 2. The Labute approximate surface area is 93.1 Å². The van der Waals surface area contributed by atoms with Crippen molar-refractivity contribution in [2.75, 3.05) is 0 Å². The van der Waals surface area contributed by atoms with E-state index in [2.05, 4.69) is 0 Å². The average Bonchev–Trinajstić information content (AvgIpc) is 2.50. The Morgan fingerprint density at radius 1 is 1.44 bits per heavy atom. The Bertz CT molecular complexity index is 642. The maximum absolute atomic E-state index is 10.8. The molecule has 0 spiro atoms. The molecule has 2 aromatic rings. The molecule has 0 bridgehead atoms. The van der Waals surface area contributed by atoms with Gasteiger partial charge in [-0.1, -0.05) is 0 Å². The quantitative estimate of drug-likeness (QED) is 0.579. The van der Waals surface area contributed by atoms with E-state index >= 15 is 0 Å². The van der Waals surface area contributed by atoms with Gasteiger partial charge in [0.05, 0.1) is 11.8 Å². The van der Waals surface area contributed by atoms with Crippen molar-refractivity contribution in [3.8, 4) is 0 Å². The van der Waals surface area contributed by atoms with Crippen LogP contribution in [0.2, 0.25) is 0 Å². The number of nitrogens with zero attached hydrogens (tertiary/aromatic N) is 1. The molecule has 5 nitrogen and oxygen atoms in total. The van der Waals surface area contributed by atoms with Crippen molar-refractivity contribution >= 4 is 21.2 Å². The first-order valence-electron chi connectivity index (χ1n) is 4.82. The van der Waals surface area contributed by atoms with Gasteiger partial charge in [-0.3, -0.25) is 0 Å². The maximum atomic E-state index is 10.8. The summed E-state index contributed by atoms with van der Waals surface area (Å²) in [5.74, 6) is 0.679. The molecule has 0 N–H and O–H groups in total. The normalized spacial score (nSPS) is 12.2. The van der Waals surface area contributed by atoms with Crippen molar-refractivity contribution in [1.29, 1.82) is 0 Å². The van der Waals surface area contributed by atoms with Gasteiger partial charge in [0.1, 0.15) is 16.7 Å². The van der Waals surface area contributed by atoms with Crippen LogP contribution in [0.15, 0.2) is 27.5 Å². The van der Waals surface area contributed by atoms with Gasteiger partial charge < -0.3 is 8.97 Å². The molecule has 0 aliphatic carbocycles. The summed E-state index contributed by atoms with van der Waals surface area (Å²) < 4.78 is 39.8. The first-order chi connectivity index (χ1) is 7.43. The minimum Gasteiger partial charge on any atom is -0.744 e. The van der Waals surface area contributed by atoms with Crippen LogP contribution in [0.3, 0.4) is 0 Å². The van der Waals surface area contributed by atoms with Crippen molar-refractivity contribution in [2.45, 2.75) is 25.3 Å². The summed E-state index contributed by atoms with van der Waals surface area (Å²) in [6.07, 6.45) is 0. The van der Waals surface area contributed by atoms with Gasteiger partial charge >= 0.3 is 5.89 Å². The lowest BCUT2D eigenvalue weighted by molar-refractivity contribution is -0.679. The number of benzene rings is 1. The van der Waals surface area contributed by atoms with Gasteiger partial charge in [-0.25, -0.2) is 8.42 Å². The second kappa shape index (κ2) is 3.57. The molecule has 0 atom stereocenters. The minimum absolute atomic E-state index is 0.267. The Kier molecular flexibility index (Phi) is 2.47. The topological polar surface area (TPSA) is 74.2 Å². The lowest BCUT2D eigenvalue weighted by atomic mass is 10.3. The summed E-state index contributed by atoms with van der Waals surface area (Å²) in [7, 11) is -4.42. The summed E-state index contributed by atoms with van der Waals surface area (Å²) in [6, 6.07) is 4.14. The monoisotopic (exact) mass is 241 g/mol. The highest BCUT2D eigenvalue weighted by Gasteiger charge is 2.18. The zero-order chi connectivity index (χ0) is 11.9. The molecule has 2 rings (SSSR count). The third-order valence-corrected chi connectivity index (χ3v) is 3.30. The summed E-state index contributed by atoms with van der Waals surface area (Å²) >= 11 is 0. The molecule has 1 aromatic carbocycles. The van der Waals surface area contributed by atoms with Gasteiger partial charge in [0.2, 0.25) is 5.58 Å². The largest absolute Gasteiger partial charge is 0.744 e. The summed E-state index contributed by atoms with van der Waals surface area (Å²) in [4.78, 5) is -0.267. The van der Waals surface area contributed by atoms with Crippen LogP contribution < -0.4 is 4.57 Å². The zero-order valence-electron chi connectivity index (χ0n) is 8.93. The third-order valence-electron chi connectivity index (χ3n) is 2.46. The van der Waals surface area contributed by atoms with Crippen LogP contribution in [0.1, 0.15) is 12.8 Å². The number of hydrogen-bond acceptors (Lipinski definition) is 4. The second-order valence-corrected chi connectivity index (χ2v) is 4.83. The molecule has 1 aromatic heterocycles. The van der Waals surface area contributed by atoms with Crippen LogP contribution in [-0.4, -0.2) is 13.0 Å². The van der Waals surface area contributed by atoms with Crippen LogP contribution in [-0.2, 0) is 16.7 Å². The molecule has 0 fully saturated rings. The van der Waals surface area contributed by atoms with E-state index in [9.17, 15) is 13.0 Å². The molecule has 0 radical (unpaired) electrons. The SMILES string of the molecule is CC[n+]1c(C)oc2cc(S(=O)(=O)[O-])ccc21. The molecule has 0 aliphatic rings. The minimum atomic E-state index is -4.42. The van der Waals surface area contributed by atoms with E-state index in [1.807, 2.05) is 11.5 Å². The summed E-state index contributed by atoms with van der Waals surface area (Å²) in [5.41, 5.74) is 1.20. The van der Waals surface area contributed by atoms with E-state index in [-0.39, 0.29) is 4.90 Å². The maximum Gasteiger partial charge on any atom is 0.344 e. The highest BCUT2D eigenvalue weighted by atomic mass is 32.2. The van der Waals surface area contributed by atoms with Crippen molar-refractivity contribution in [3.63, 3.8) is 0 Å². The van der Waals surface area contributed by atoms with Gasteiger partial charge in [0, 0.05) is 12.1 Å². The van der Waals surface area contributed by atoms with Crippen LogP contribution in [0, 0.1) is 6.92 Å². The predicted molar refractivity (Wildman–Crippen MR) is 54.8 cm³/mol. The molecule has 0 aliphatic heterocycles. The van der Waals surface area contributed by atoms with Crippen LogP contribution in [0.25, 0.3) is 11.1 Å². The first-order valence-corrected chi connectivity index (χ1v) is 6.23. The molecule has 6 heteroatoms. The van der Waals surface area contributed by atoms with Crippen molar-refractivity contribution < 1.29 is 22.0 Å². The number of oxazole rings is 1. The van der Waals surface area contributed by atoms with Gasteiger partial charge in [-0.05, 0) is 13.0 Å². The lowest BCUT2D eigenvalue weighted by Gasteiger charge is -2.04. The molecule has 0 amide bonds. The standard InChI is InChI=1S/C10H11NO4S/c1-3-11-7(2)15-10-6-8(16(12,13)14)4-5-9(10)11/h4-6H,3H2,1-2H3. The van der Waals surface area contributed by atoms with Crippen LogP contribution in [0.5, 0.6) is 0 Å². The second-order valence-electron chi connectivity index (χ2n) is 3.45. The zero-order valence-corrected chi connectivity index (χ0v) is 9.74. The van der Waals surface area contributed by atoms with Crippen LogP contribution in [0.4, 0.5) is 0 Å². The number of aryl methyl sites for hydroxylation is 2. The number of hydrogen-bond donors (Lipinski definition) is 0. The van der Waals surface area contributed by atoms with Crippen LogP contribution >= 0.6 is 0 Å². The van der Waals surface area contributed by atoms with Crippen molar-refractivity contribution in [2.24, 2.45) is 0 Å². The van der Waals surface area contributed by atoms with E-state index in [1.165, 1.54) is 12.1 Å². The van der Waals surface area contributed by atoms with E-state index < -0.39 is 10.1 Å². The molecular formula is C10H11NO4S. The number of fused-ring (bicyclic) bond motifs is 1. The number of aromatic nitrogens is 1. The fourth-order valence-electron chi connectivity index (χ4n) is 1.73. The Morgan fingerprint density at radius 2 is 2.12 bits per heavy atom. The lowest BCUT2D eigenvalue weighted by Crippen LogP contribution is -2.33. The van der Waals surface area contributed by atoms with Gasteiger partial charge in [-0.15, -0.1) is 0 Å². The Morgan fingerprint density at radius 3 is 2.69 bits per heavy atom. The first kappa shape index (κ1) is 11.1. The highest BCUT2D eigenvalue weighted by molar-refractivity contribution is 7.85. The van der Waals surface area contributed by atoms with E-state index in [0.29, 0.717) is 11.5 Å². The van der Waals surface area contributed by atoms with Gasteiger partial charge in [0.15, 0.2) is 0 Å². The average molecular weight is 241 g/mol. The molecule has 86 valence electrons. The van der Waals surface area contributed by atoms with Gasteiger partial charge in [0.25, 0.3) is 5.52 Å². The fraction of sp³-hybridized carbons (Fsp3) is 0.300. The molecule has 1 heterocycles. The highest BCUT2D eigenvalue weighted by Crippen LogP contribution is 2.18. The molecule has 0 saturated heterocycles. The summed E-state index contributed by atoms with van der Waals surface area (Å²) in [5, 5.41) is 0. The smallest absolute Gasteiger partial charge is 0.344 e. The van der Waals surface area contributed by atoms with E-state index in [1.54, 1.807) is 13.0 Å². The third kappa shape index (κ3) is 1.70.